The van der Waals surface area contributed by atoms with E-state index < -0.39 is 0 Å². The fourth-order valence-corrected chi connectivity index (χ4v) is 2.45. The van der Waals surface area contributed by atoms with Crippen molar-refractivity contribution >= 4 is 5.91 Å². The Bertz CT molecular complexity index is 363. The fourth-order valence-electron chi connectivity index (χ4n) is 2.45. The van der Waals surface area contributed by atoms with Crippen molar-refractivity contribution in [2.75, 3.05) is 0 Å². The Morgan fingerprint density at radius 3 is 2.80 bits per heavy atom. The molecule has 2 unspecified atom stereocenters. The van der Waals surface area contributed by atoms with Crippen molar-refractivity contribution in [3.05, 3.63) is 30.1 Å². The van der Waals surface area contributed by atoms with E-state index in [4.69, 9.17) is 0 Å². The van der Waals surface area contributed by atoms with E-state index in [0.29, 0.717) is 6.42 Å². The number of nitrogens with zero attached hydrogens (tertiary/aromatic N) is 1. The van der Waals surface area contributed by atoms with E-state index in [1.54, 1.807) is 12.4 Å². The summed E-state index contributed by atoms with van der Waals surface area (Å²) in [6, 6.07) is 4.25. The van der Waals surface area contributed by atoms with Crippen LogP contribution in [0.3, 0.4) is 0 Å². The van der Waals surface area contributed by atoms with Gasteiger partial charge in [-0.1, -0.05) is 13.8 Å². The number of pyridine rings is 1. The molecule has 0 aliphatic carbocycles. The zero-order valence-corrected chi connectivity index (χ0v) is 9.16. The van der Waals surface area contributed by atoms with Crippen molar-refractivity contribution in [1.82, 2.24) is 10.3 Å². The predicted molar refractivity (Wildman–Crippen MR) is 58.4 cm³/mol. The lowest BCUT2D eigenvalue weighted by molar-refractivity contribution is -0.119. The van der Waals surface area contributed by atoms with E-state index in [-0.39, 0.29) is 17.4 Å². The lowest BCUT2D eigenvalue weighted by atomic mass is 9.75. The number of carbonyl (C=O) groups excluding carboxylic acids is 1. The number of aromatic nitrogens is 1. The minimum Gasteiger partial charge on any atom is -0.352 e. The minimum atomic E-state index is -0.0746. The molecule has 2 heterocycles. The van der Waals surface area contributed by atoms with Gasteiger partial charge in [0.1, 0.15) is 0 Å². The summed E-state index contributed by atoms with van der Waals surface area (Å²) in [5, 5.41) is 3.03. The van der Waals surface area contributed by atoms with Crippen LogP contribution in [0.1, 0.15) is 32.3 Å². The lowest BCUT2D eigenvalue weighted by Gasteiger charge is -2.29. The van der Waals surface area contributed by atoms with Gasteiger partial charge >= 0.3 is 0 Å². The zero-order valence-electron chi connectivity index (χ0n) is 9.16. The van der Waals surface area contributed by atoms with Crippen molar-refractivity contribution in [2.45, 2.75) is 38.1 Å². The molecule has 3 heteroatoms. The molecule has 0 spiro atoms. The second kappa shape index (κ2) is 3.65. The van der Waals surface area contributed by atoms with Gasteiger partial charge in [0.15, 0.2) is 0 Å². The number of nitrogens with one attached hydrogen (secondary N) is 1. The smallest absolute Gasteiger partial charge is 0.221 e. The maximum atomic E-state index is 11.5. The molecule has 1 amide bonds. The van der Waals surface area contributed by atoms with Crippen LogP contribution in [0.2, 0.25) is 0 Å². The van der Waals surface area contributed by atoms with E-state index in [1.165, 1.54) is 5.56 Å². The van der Waals surface area contributed by atoms with Crippen LogP contribution in [0.15, 0.2) is 24.5 Å². The average Bonchev–Trinajstić information content (AvgIpc) is 2.56. The zero-order chi connectivity index (χ0) is 10.9. The van der Waals surface area contributed by atoms with Gasteiger partial charge in [-0.3, -0.25) is 9.78 Å². The molecule has 1 saturated heterocycles. The Balaban J connectivity index is 2.37. The minimum absolute atomic E-state index is 0.0746. The van der Waals surface area contributed by atoms with Gasteiger partial charge in [-0.2, -0.15) is 0 Å². The van der Waals surface area contributed by atoms with E-state index in [9.17, 15) is 4.79 Å². The van der Waals surface area contributed by atoms with Crippen LogP contribution in [-0.4, -0.2) is 16.9 Å². The van der Waals surface area contributed by atoms with Crippen LogP contribution < -0.4 is 5.32 Å². The van der Waals surface area contributed by atoms with Crippen molar-refractivity contribution in [3.63, 3.8) is 0 Å². The molecular weight excluding hydrogens is 188 g/mol. The lowest BCUT2D eigenvalue weighted by Crippen LogP contribution is -2.37. The van der Waals surface area contributed by atoms with Crippen LogP contribution in [0, 0.1) is 0 Å². The second-order valence-corrected chi connectivity index (χ2v) is 4.36. The first-order valence-electron chi connectivity index (χ1n) is 5.36. The van der Waals surface area contributed by atoms with Crippen molar-refractivity contribution in [1.29, 1.82) is 0 Å². The molecule has 1 aromatic heterocycles. The molecule has 1 aromatic rings. The molecule has 2 atom stereocenters. The molecule has 80 valence electrons. The van der Waals surface area contributed by atoms with Crippen LogP contribution in [0.25, 0.3) is 0 Å². The van der Waals surface area contributed by atoms with Crippen molar-refractivity contribution in [3.8, 4) is 0 Å². The highest BCUT2D eigenvalue weighted by Gasteiger charge is 2.43. The van der Waals surface area contributed by atoms with Crippen LogP contribution in [0.5, 0.6) is 0 Å². The number of hydrogen-bond donors (Lipinski definition) is 1. The van der Waals surface area contributed by atoms with Crippen LogP contribution in [0.4, 0.5) is 0 Å². The van der Waals surface area contributed by atoms with Gasteiger partial charge in [-0.15, -0.1) is 0 Å². The summed E-state index contributed by atoms with van der Waals surface area (Å²) in [6.45, 7) is 4.25. The average molecular weight is 204 g/mol. The first kappa shape index (κ1) is 10.1. The molecular formula is C12H16N2O. The molecule has 0 radical (unpaired) electrons. The molecule has 1 fully saturated rings. The van der Waals surface area contributed by atoms with E-state index in [0.717, 1.165) is 6.42 Å². The van der Waals surface area contributed by atoms with Gasteiger partial charge in [0.2, 0.25) is 5.91 Å². The van der Waals surface area contributed by atoms with E-state index >= 15 is 0 Å². The highest BCUT2D eigenvalue weighted by Crippen LogP contribution is 2.36. The SMILES string of the molecule is CCC1NC(=O)CC1(C)c1ccncc1. The van der Waals surface area contributed by atoms with Crippen LogP contribution in [-0.2, 0) is 10.2 Å². The maximum absolute atomic E-state index is 11.5. The molecule has 0 aromatic carbocycles. The Morgan fingerprint density at radius 1 is 1.53 bits per heavy atom. The maximum Gasteiger partial charge on any atom is 0.221 e. The van der Waals surface area contributed by atoms with E-state index in [1.807, 2.05) is 12.1 Å². The summed E-state index contributed by atoms with van der Waals surface area (Å²) >= 11 is 0. The van der Waals surface area contributed by atoms with Gasteiger partial charge in [0, 0.05) is 30.3 Å². The van der Waals surface area contributed by atoms with E-state index in [2.05, 4.69) is 24.1 Å². The number of rotatable bonds is 2. The van der Waals surface area contributed by atoms with Crippen molar-refractivity contribution < 1.29 is 4.79 Å². The first-order chi connectivity index (χ1) is 7.16. The molecule has 0 saturated carbocycles. The Labute approximate surface area is 89.9 Å². The third-order valence-electron chi connectivity index (χ3n) is 3.38. The topological polar surface area (TPSA) is 42.0 Å². The highest BCUT2D eigenvalue weighted by atomic mass is 16.2. The Hall–Kier alpha value is -1.38. The van der Waals surface area contributed by atoms with Gasteiger partial charge in [0.25, 0.3) is 0 Å². The molecule has 1 aliphatic rings. The normalized spacial score (nSPS) is 30.3. The standard InChI is InChI=1S/C12H16N2O/c1-3-10-12(2,8-11(15)14-10)9-4-6-13-7-5-9/h4-7,10H,3,8H2,1-2H3,(H,14,15). The third kappa shape index (κ3) is 1.62. The van der Waals surface area contributed by atoms with Gasteiger partial charge in [-0.25, -0.2) is 0 Å². The van der Waals surface area contributed by atoms with Gasteiger partial charge in [-0.05, 0) is 24.1 Å². The molecule has 15 heavy (non-hydrogen) atoms. The Morgan fingerprint density at radius 2 is 2.20 bits per heavy atom. The summed E-state index contributed by atoms with van der Waals surface area (Å²) in [5.74, 6) is 0.154. The van der Waals surface area contributed by atoms with Gasteiger partial charge in [0.05, 0.1) is 0 Å². The quantitative estimate of drug-likeness (QED) is 0.795. The van der Waals surface area contributed by atoms with Gasteiger partial charge < -0.3 is 5.32 Å². The number of carbonyl (C=O) groups is 1. The molecule has 2 rings (SSSR count). The summed E-state index contributed by atoms with van der Waals surface area (Å²) < 4.78 is 0. The molecule has 1 N–H and O–H groups in total. The summed E-state index contributed by atoms with van der Waals surface area (Å²) in [6.07, 6.45) is 5.12. The van der Waals surface area contributed by atoms with Crippen LogP contribution >= 0.6 is 0 Å². The summed E-state index contributed by atoms with van der Waals surface area (Å²) in [4.78, 5) is 15.5. The second-order valence-electron chi connectivity index (χ2n) is 4.36. The highest BCUT2D eigenvalue weighted by molar-refractivity contribution is 5.81. The Kier molecular flexibility index (Phi) is 2.47. The largest absolute Gasteiger partial charge is 0.352 e. The van der Waals surface area contributed by atoms with Crippen molar-refractivity contribution in [2.24, 2.45) is 0 Å². The molecule has 1 aliphatic heterocycles. The molecule has 0 bridgehead atoms. The predicted octanol–water partition coefficient (Wildman–Crippen LogP) is 1.64. The third-order valence-corrected chi connectivity index (χ3v) is 3.38. The summed E-state index contributed by atoms with van der Waals surface area (Å²) in [5.41, 5.74) is 1.12. The number of hydrogen-bond acceptors (Lipinski definition) is 2. The fraction of sp³-hybridized carbons (Fsp3) is 0.500. The molecule has 3 nitrogen and oxygen atoms in total. The summed E-state index contributed by atoms with van der Waals surface area (Å²) in [7, 11) is 0. The number of amides is 1. The monoisotopic (exact) mass is 204 g/mol. The first-order valence-corrected chi connectivity index (χ1v) is 5.36.